The maximum absolute atomic E-state index is 8.57. The van der Waals surface area contributed by atoms with E-state index in [1.165, 1.54) is 0 Å². The van der Waals surface area contributed by atoms with Crippen LogP contribution in [0.3, 0.4) is 0 Å². The maximum atomic E-state index is 8.57. The number of rotatable bonds is 1. The molecule has 0 atom stereocenters. The molecule has 0 aromatic heterocycles. The molecule has 0 fully saturated rings. The Kier molecular flexibility index (Phi) is 2.12. The van der Waals surface area contributed by atoms with Crippen LogP contribution in [0.4, 0.5) is 0 Å². The third kappa shape index (κ3) is 1.50. The van der Waals surface area contributed by atoms with Crippen LogP contribution in [0, 0.1) is 11.3 Å². The normalized spacial score (nSPS) is 17.2. The highest BCUT2D eigenvalue weighted by molar-refractivity contribution is 5.43. The van der Waals surface area contributed by atoms with Crippen molar-refractivity contribution in [2.75, 3.05) is 0 Å². The first-order valence-electron chi connectivity index (χ1n) is 3.49. The summed E-state index contributed by atoms with van der Waals surface area (Å²) < 4.78 is 0. The Morgan fingerprint density at radius 3 is 2.91 bits per heavy atom. The second-order valence-corrected chi connectivity index (χ2v) is 2.47. The summed E-state index contributed by atoms with van der Waals surface area (Å²) in [4.78, 5) is 0. The van der Waals surface area contributed by atoms with Gasteiger partial charge in [0.1, 0.15) is 0 Å². The van der Waals surface area contributed by atoms with E-state index in [1.807, 2.05) is 0 Å². The maximum Gasteiger partial charge on any atom is 0.0947 e. The van der Waals surface area contributed by atoms with Crippen molar-refractivity contribution in [1.82, 2.24) is 0 Å². The van der Waals surface area contributed by atoms with Gasteiger partial charge in [-0.25, -0.2) is 0 Å². The minimum absolute atomic E-state index is 0.764. The molecule has 56 valence electrons. The van der Waals surface area contributed by atoms with E-state index in [1.54, 1.807) is 12.2 Å². The summed E-state index contributed by atoms with van der Waals surface area (Å²) in [5.41, 5.74) is 8.18. The highest BCUT2D eigenvalue weighted by atomic mass is 14.6. The number of nitriles is 1. The molecule has 0 bridgehead atoms. The van der Waals surface area contributed by atoms with Gasteiger partial charge in [0, 0.05) is 11.3 Å². The minimum atomic E-state index is 0.764. The lowest BCUT2D eigenvalue weighted by Crippen LogP contribution is -2.05. The molecule has 0 unspecified atom stereocenters. The Labute approximate surface area is 66.3 Å². The zero-order valence-corrected chi connectivity index (χ0v) is 6.30. The van der Waals surface area contributed by atoms with Crippen LogP contribution in [-0.4, -0.2) is 0 Å². The van der Waals surface area contributed by atoms with E-state index in [4.69, 9.17) is 11.0 Å². The van der Waals surface area contributed by atoms with Crippen LogP contribution in [0.25, 0.3) is 0 Å². The van der Waals surface area contributed by atoms with Gasteiger partial charge in [-0.15, -0.1) is 0 Å². The van der Waals surface area contributed by atoms with Crippen molar-refractivity contribution in [1.29, 1.82) is 5.26 Å². The van der Waals surface area contributed by atoms with Crippen molar-refractivity contribution < 1.29 is 0 Å². The topological polar surface area (TPSA) is 49.8 Å². The molecule has 0 amide bonds. The van der Waals surface area contributed by atoms with Crippen molar-refractivity contribution in [2.45, 2.75) is 12.8 Å². The Morgan fingerprint density at radius 1 is 1.64 bits per heavy atom. The summed E-state index contributed by atoms with van der Waals surface area (Å²) in [6.07, 6.45) is 5.03. The van der Waals surface area contributed by atoms with Gasteiger partial charge < -0.3 is 5.73 Å². The highest BCUT2D eigenvalue weighted by Crippen LogP contribution is 2.20. The van der Waals surface area contributed by atoms with E-state index in [9.17, 15) is 0 Å². The van der Waals surface area contributed by atoms with Gasteiger partial charge in [0.15, 0.2) is 0 Å². The first kappa shape index (κ1) is 7.62. The van der Waals surface area contributed by atoms with Crippen molar-refractivity contribution >= 4 is 0 Å². The molecular formula is C9H10N2. The molecule has 2 heteroatoms. The van der Waals surface area contributed by atoms with E-state index in [0.29, 0.717) is 0 Å². The lowest BCUT2D eigenvalue weighted by molar-refractivity contribution is 0.903. The molecule has 2 N–H and O–H groups in total. The molecule has 0 aromatic rings. The molecule has 11 heavy (non-hydrogen) atoms. The molecule has 0 aliphatic heterocycles. The van der Waals surface area contributed by atoms with Crippen LogP contribution in [0.1, 0.15) is 12.8 Å². The Morgan fingerprint density at radius 2 is 2.36 bits per heavy atom. The predicted molar refractivity (Wildman–Crippen MR) is 44.3 cm³/mol. The van der Waals surface area contributed by atoms with Crippen LogP contribution in [0.2, 0.25) is 0 Å². The smallest absolute Gasteiger partial charge is 0.0947 e. The Bertz CT molecular complexity index is 276. The fourth-order valence-electron chi connectivity index (χ4n) is 1.04. The van der Waals surface area contributed by atoms with E-state index in [0.717, 1.165) is 29.7 Å². The number of hydrogen-bond donors (Lipinski definition) is 1. The molecule has 0 heterocycles. The highest BCUT2D eigenvalue weighted by Gasteiger charge is 2.07. The molecule has 1 aliphatic carbocycles. The van der Waals surface area contributed by atoms with Gasteiger partial charge in [0.2, 0.25) is 0 Å². The summed E-state index contributed by atoms with van der Waals surface area (Å²) in [6.45, 7) is 3.61. The van der Waals surface area contributed by atoms with Gasteiger partial charge in [-0.05, 0) is 24.5 Å². The van der Waals surface area contributed by atoms with Gasteiger partial charge in [0.05, 0.1) is 6.07 Å². The summed E-state index contributed by atoms with van der Waals surface area (Å²) >= 11 is 0. The third-order valence-corrected chi connectivity index (χ3v) is 1.73. The Balaban J connectivity index is 2.98. The molecule has 0 saturated carbocycles. The first-order valence-corrected chi connectivity index (χ1v) is 3.49. The standard InChI is InChI=1S/C9H10N2/c1-2-8-5-7(6-10)3-4-9(8)11/h2,5H,1,3-4,11H2. The average Bonchev–Trinajstić information content (AvgIpc) is 2.05. The predicted octanol–water partition coefficient (Wildman–Crippen LogP) is 1.63. The largest absolute Gasteiger partial charge is 0.402 e. The number of nitrogens with two attached hydrogens (primary N) is 1. The monoisotopic (exact) mass is 146 g/mol. The minimum Gasteiger partial charge on any atom is -0.402 e. The zero-order valence-electron chi connectivity index (χ0n) is 6.30. The van der Waals surface area contributed by atoms with Crippen LogP contribution < -0.4 is 5.73 Å². The van der Waals surface area contributed by atoms with Crippen molar-refractivity contribution in [3.05, 3.63) is 35.6 Å². The van der Waals surface area contributed by atoms with Gasteiger partial charge in [0.25, 0.3) is 0 Å². The van der Waals surface area contributed by atoms with Crippen molar-refractivity contribution in [3.8, 4) is 6.07 Å². The van der Waals surface area contributed by atoms with Crippen LogP contribution in [0.5, 0.6) is 0 Å². The summed E-state index contributed by atoms with van der Waals surface area (Å²) in [7, 11) is 0. The van der Waals surface area contributed by atoms with Gasteiger partial charge in [-0.1, -0.05) is 12.7 Å². The van der Waals surface area contributed by atoms with E-state index < -0.39 is 0 Å². The number of hydrogen-bond acceptors (Lipinski definition) is 2. The first-order chi connectivity index (χ1) is 5.27. The lowest BCUT2D eigenvalue weighted by atomic mass is 9.98. The van der Waals surface area contributed by atoms with Crippen LogP contribution in [0.15, 0.2) is 35.6 Å². The van der Waals surface area contributed by atoms with Gasteiger partial charge >= 0.3 is 0 Å². The van der Waals surface area contributed by atoms with E-state index >= 15 is 0 Å². The molecule has 1 aliphatic rings. The van der Waals surface area contributed by atoms with Crippen LogP contribution in [-0.2, 0) is 0 Å². The van der Waals surface area contributed by atoms with Gasteiger partial charge in [-0.3, -0.25) is 0 Å². The molecule has 0 spiro atoms. The summed E-state index contributed by atoms with van der Waals surface area (Å²) in [6, 6.07) is 2.11. The fraction of sp³-hybridized carbons (Fsp3) is 0.222. The SMILES string of the molecule is C=CC1=C(N)CCC(C#N)=C1. The van der Waals surface area contributed by atoms with E-state index in [2.05, 4.69) is 12.6 Å². The lowest BCUT2D eigenvalue weighted by Gasteiger charge is -2.10. The Hall–Kier alpha value is -1.49. The molecule has 2 nitrogen and oxygen atoms in total. The second kappa shape index (κ2) is 3.07. The molecular weight excluding hydrogens is 136 g/mol. The number of allylic oxidation sites excluding steroid dienone is 5. The zero-order chi connectivity index (χ0) is 8.27. The quantitative estimate of drug-likeness (QED) is 0.611. The van der Waals surface area contributed by atoms with Gasteiger partial charge in [-0.2, -0.15) is 5.26 Å². The summed E-state index contributed by atoms with van der Waals surface area (Å²) in [5, 5.41) is 8.57. The second-order valence-electron chi connectivity index (χ2n) is 2.47. The molecule has 0 radical (unpaired) electrons. The number of nitrogens with zero attached hydrogens (tertiary/aromatic N) is 1. The fourth-order valence-corrected chi connectivity index (χ4v) is 1.04. The molecule has 0 aromatic carbocycles. The molecule has 0 saturated heterocycles. The van der Waals surface area contributed by atoms with Crippen molar-refractivity contribution in [3.63, 3.8) is 0 Å². The summed E-state index contributed by atoms with van der Waals surface area (Å²) in [5.74, 6) is 0. The average molecular weight is 146 g/mol. The van der Waals surface area contributed by atoms with E-state index in [-0.39, 0.29) is 0 Å². The third-order valence-electron chi connectivity index (χ3n) is 1.73. The van der Waals surface area contributed by atoms with Crippen molar-refractivity contribution in [2.24, 2.45) is 5.73 Å². The van der Waals surface area contributed by atoms with Crippen LogP contribution >= 0.6 is 0 Å². The molecule has 1 rings (SSSR count).